The molecule has 0 saturated carbocycles. The summed E-state index contributed by atoms with van der Waals surface area (Å²) < 4.78 is 0. The number of benzene rings is 1. The fraction of sp³-hybridized carbons (Fsp3) is 0.308. The van der Waals surface area contributed by atoms with Crippen molar-refractivity contribution >= 4 is 17.3 Å². The van der Waals surface area contributed by atoms with Gasteiger partial charge in [0.05, 0.1) is 11.4 Å². The van der Waals surface area contributed by atoms with E-state index in [0.717, 1.165) is 5.69 Å². The smallest absolute Gasteiger partial charge is 0.224 e. The van der Waals surface area contributed by atoms with Gasteiger partial charge in [-0.1, -0.05) is 23.8 Å². The number of allylic oxidation sites excluding steroid dienone is 1. The minimum absolute atomic E-state index is 0.00426. The molecule has 0 aromatic heterocycles. The Hall–Kier alpha value is -1.77. The molecular formula is C13H18N2O. The molecule has 86 valence electrons. The Morgan fingerprint density at radius 2 is 1.94 bits per heavy atom. The molecule has 0 fully saturated rings. The average molecular weight is 218 g/mol. The van der Waals surface area contributed by atoms with E-state index >= 15 is 0 Å². The van der Waals surface area contributed by atoms with E-state index in [0.29, 0.717) is 12.2 Å². The molecule has 3 heteroatoms. The summed E-state index contributed by atoms with van der Waals surface area (Å²) in [5, 5.41) is 0. The number of anilines is 2. The van der Waals surface area contributed by atoms with E-state index in [1.165, 1.54) is 5.57 Å². The van der Waals surface area contributed by atoms with E-state index in [9.17, 15) is 4.79 Å². The lowest BCUT2D eigenvalue weighted by atomic mass is 10.2. The molecule has 0 aliphatic rings. The summed E-state index contributed by atoms with van der Waals surface area (Å²) in [7, 11) is 0. The minimum atomic E-state index is -0.00426. The summed E-state index contributed by atoms with van der Waals surface area (Å²) in [6.45, 7) is 6.12. The molecule has 0 unspecified atom stereocenters. The van der Waals surface area contributed by atoms with Gasteiger partial charge in [0.1, 0.15) is 0 Å². The van der Waals surface area contributed by atoms with E-state index in [1.807, 2.05) is 38.1 Å². The SMILES string of the molecule is CC(=O)N(CC=C(C)C)c1ccccc1N. The first-order valence-corrected chi connectivity index (χ1v) is 5.28. The molecule has 0 spiro atoms. The first-order valence-electron chi connectivity index (χ1n) is 5.28. The molecule has 0 atom stereocenters. The first kappa shape index (κ1) is 12.3. The van der Waals surface area contributed by atoms with Crippen LogP contribution in [0, 0.1) is 0 Å². The van der Waals surface area contributed by atoms with Crippen molar-refractivity contribution in [3.05, 3.63) is 35.9 Å². The van der Waals surface area contributed by atoms with Gasteiger partial charge in [-0.2, -0.15) is 0 Å². The van der Waals surface area contributed by atoms with Gasteiger partial charge in [-0.25, -0.2) is 0 Å². The molecule has 1 rings (SSSR count). The van der Waals surface area contributed by atoms with Crippen LogP contribution < -0.4 is 10.6 Å². The van der Waals surface area contributed by atoms with Crippen molar-refractivity contribution in [2.24, 2.45) is 0 Å². The third-order valence-electron chi connectivity index (χ3n) is 2.29. The van der Waals surface area contributed by atoms with Crippen molar-refractivity contribution in [2.75, 3.05) is 17.2 Å². The maximum absolute atomic E-state index is 11.6. The Balaban J connectivity index is 2.99. The summed E-state index contributed by atoms with van der Waals surface area (Å²) in [4.78, 5) is 13.2. The molecule has 2 N–H and O–H groups in total. The largest absolute Gasteiger partial charge is 0.397 e. The number of nitrogens with two attached hydrogens (primary N) is 1. The van der Waals surface area contributed by atoms with Gasteiger partial charge >= 0.3 is 0 Å². The van der Waals surface area contributed by atoms with Gasteiger partial charge in [0, 0.05) is 13.5 Å². The normalized spacial score (nSPS) is 9.69. The van der Waals surface area contributed by atoms with Crippen LogP contribution in [0.4, 0.5) is 11.4 Å². The second-order valence-electron chi connectivity index (χ2n) is 3.97. The van der Waals surface area contributed by atoms with E-state index in [-0.39, 0.29) is 5.91 Å². The third kappa shape index (κ3) is 3.12. The number of nitrogen functional groups attached to an aromatic ring is 1. The maximum Gasteiger partial charge on any atom is 0.224 e. The predicted molar refractivity (Wildman–Crippen MR) is 68.3 cm³/mol. The standard InChI is InChI=1S/C13H18N2O/c1-10(2)8-9-15(11(3)16)13-7-5-4-6-12(13)14/h4-8H,9,14H2,1-3H3. The van der Waals surface area contributed by atoms with Crippen molar-refractivity contribution in [3.8, 4) is 0 Å². The highest BCUT2D eigenvalue weighted by Gasteiger charge is 2.11. The highest BCUT2D eigenvalue weighted by molar-refractivity contribution is 5.94. The Labute approximate surface area is 96.6 Å². The Bertz CT molecular complexity index is 406. The van der Waals surface area contributed by atoms with Gasteiger partial charge < -0.3 is 10.6 Å². The number of hydrogen-bond acceptors (Lipinski definition) is 2. The zero-order valence-corrected chi connectivity index (χ0v) is 10.0. The highest BCUT2D eigenvalue weighted by atomic mass is 16.2. The molecular weight excluding hydrogens is 200 g/mol. The van der Waals surface area contributed by atoms with Crippen molar-refractivity contribution in [1.29, 1.82) is 0 Å². The molecule has 16 heavy (non-hydrogen) atoms. The molecule has 0 heterocycles. The summed E-state index contributed by atoms with van der Waals surface area (Å²) in [6, 6.07) is 7.39. The molecule has 1 aromatic rings. The van der Waals surface area contributed by atoms with Crippen LogP contribution in [-0.2, 0) is 4.79 Å². The van der Waals surface area contributed by atoms with Gasteiger partial charge in [0.15, 0.2) is 0 Å². The molecule has 3 nitrogen and oxygen atoms in total. The lowest BCUT2D eigenvalue weighted by Gasteiger charge is -2.21. The Kier molecular flexibility index (Phi) is 4.11. The van der Waals surface area contributed by atoms with Gasteiger partial charge in [-0.3, -0.25) is 4.79 Å². The van der Waals surface area contributed by atoms with Crippen LogP contribution in [0.15, 0.2) is 35.9 Å². The molecule has 1 aromatic carbocycles. The van der Waals surface area contributed by atoms with Crippen molar-refractivity contribution in [2.45, 2.75) is 20.8 Å². The topological polar surface area (TPSA) is 46.3 Å². The van der Waals surface area contributed by atoms with Gasteiger partial charge in [-0.05, 0) is 26.0 Å². The number of carbonyl (C=O) groups is 1. The molecule has 0 saturated heterocycles. The summed E-state index contributed by atoms with van der Waals surface area (Å²) in [5.41, 5.74) is 8.43. The molecule has 0 aliphatic heterocycles. The monoisotopic (exact) mass is 218 g/mol. The highest BCUT2D eigenvalue weighted by Crippen LogP contribution is 2.22. The van der Waals surface area contributed by atoms with Crippen molar-refractivity contribution < 1.29 is 4.79 Å². The molecule has 0 radical (unpaired) electrons. The number of nitrogens with zero attached hydrogens (tertiary/aromatic N) is 1. The predicted octanol–water partition coefficient (Wildman–Crippen LogP) is 2.59. The van der Waals surface area contributed by atoms with Gasteiger partial charge in [0.2, 0.25) is 5.91 Å². The number of hydrogen-bond donors (Lipinski definition) is 1. The van der Waals surface area contributed by atoms with Crippen LogP contribution >= 0.6 is 0 Å². The second-order valence-corrected chi connectivity index (χ2v) is 3.97. The fourth-order valence-corrected chi connectivity index (χ4v) is 1.40. The maximum atomic E-state index is 11.6. The fourth-order valence-electron chi connectivity index (χ4n) is 1.40. The number of rotatable bonds is 3. The molecule has 0 bridgehead atoms. The van der Waals surface area contributed by atoms with Crippen LogP contribution in [0.1, 0.15) is 20.8 Å². The zero-order valence-electron chi connectivity index (χ0n) is 10.0. The van der Waals surface area contributed by atoms with E-state index < -0.39 is 0 Å². The van der Waals surface area contributed by atoms with E-state index in [2.05, 4.69) is 0 Å². The number of amides is 1. The quantitative estimate of drug-likeness (QED) is 0.626. The third-order valence-corrected chi connectivity index (χ3v) is 2.29. The van der Waals surface area contributed by atoms with Crippen LogP contribution in [0.25, 0.3) is 0 Å². The lowest BCUT2D eigenvalue weighted by Crippen LogP contribution is -2.29. The average Bonchev–Trinajstić information content (AvgIpc) is 2.20. The summed E-state index contributed by atoms with van der Waals surface area (Å²) in [5.74, 6) is -0.00426. The Morgan fingerprint density at radius 3 is 2.44 bits per heavy atom. The minimum Gasteiger partial charge on any atom is -0.397 e. The second kappa shape index (κ2) is 5.35. The van der Waals surface area contributed by atoms with E-state index in [1.54, 1.807) is 17.9 Å². The summed E-state index contributed by atoms with van der Waals surface area (Å²) in [6.07, 6.45) is 2.01. The van der Waals surface area contributed by atoms with Gasteiger partial charge in [0.25, 0.3) is 0 Å². The van der Waals surface area contributed by atoms with Crippen molar-refractivity contribution in [1.82, 2.24) is 0 Å². The van der Waals surface area contributed by atoms with Crippen LogP contribution in [0.2, 0.25) is 0 Å². The van der Waals surface area contributed by atoms with Crippen LogP contribution in [0.5, 0.6) is 0 Å². The van der Waals surface area contributed by atoms with E-state index in [4.69, 9.17) is 5.73 Å². The number of carbonyl (C=O) groups excluding carboxylic acids is 1. The first-order chi connectivity index (χ1) is 7.52. The Morgan fingerprint density at radius 1 is 1.31 bits per heavy atom. The number of para-hydroxylation sites is 2. The van der Waals surface area contributed by atoms with Crippen LogP contribution in [-0.4, -0.2) is 12.5 Å². The van der Waals surface area contributed by atoms with Crippen LogP contribution in [0.3, 0.4) is 0 Å². The molecule has 1 amide bonds. The zero-order chi connectivity index (χ0) is 12.1. The van der Waals surface area contributed by atoms with Gasteiger partial charge in [-0.15, -0.1) is 0 Å². The summed E-state index contributed by atoms with van der Waals surface area (Å²) >= 11 is 0. The van der Waals surface area contributed by atoms with Crippen molar-refractivity contribution in [3.63, 3.8) is 0 Å². The molecule has 0 aliphatic carbocycles. The lowest BCUT2D eigenvalue weighted by molar-refractivity contribution is -0.116.